The van der Waals surface area contributed by atoms with Gasteiger partial charge in [-0.15, -0.1) is 0 Å². The lowest BCUT2D eigenvalue weighted by molar-refractivity contribution is -0.144. The molecule has 6 nitrogen and oxygen atoms in total. The number of hydrogen-bond acceptors (Lipinski definition) is 3. The number of carboxylic acid groups (broad SMARTS) is 1. The molecule has 0 bridgehead atoms. The van der Waals surface area contributed by atoms with Crippen LogP contribution in [0.1, 0.15) is 40.0 Å². The average Bonchev–Trinajstić information content (AvgIpc) is 2.79. The van der Waals surface area contributed by atoms with Crippen LogP contribution in [0.3, 0.4) is 0 Å². The van der Waals surface area contributed by atoms with E-state index in [1.165, 1.54) is 0 Å². The molecule has 0 aromatic rings. The van der Waals surface area contributed by atoms with Crippen molar-refractivity contribution in [1.29, 1.82) is 0 Å². The Morgan fingerprint density at radius 1 is 1.37 bits per heavy atom. The van der Waals surface area contributed by atoms with Crippen molar-refractivity contribution < 1.29 is 19.4 Å². The van der Waals surface area contributed by atoms with Crippen LogP contribution >= 0.6 is 0 Å². The van der Waals surface area contributed by atoms with Crippen molar-refractivity contribution in [3.63, 3.8) is 0 Å². The summed E-state index contributed by atoms with van der Waals surface area (Å²) in [5.74, 6) is -0.696. The molecule has 19 heavy (non-hydrogen) atoms. The second-order valence-electron chi connectivity index (χ2n) is 5.05. The van der Waals surface area contributed by atoms with Crippen LogP contribution < -0.4 is 10.6 Å². The Bertz CT molecular complexity index is 329. The second-order valence-corrected chi connectivity index (χ2v) is 5.05. The lowest BCUT2D eigenvalue weighted by atomic mass is 9.93. The highest BCUT2D eigenvalue weighted by atomic mass is 16.5. The topological polar surface area (TPSA) is 87.7 Å². The summed E-state index contributed by atoms with van der Waals surface area (Å²) in [4.78, 5) is 23.1. The number of carbonyl (C=O) groups is 2. The zero-order valence-corrected chi connectivity index (χ0v) is 11.9. The van der Waals surface area contributed by atoms with E-state index in [1.54, 1.807) is 13.8 Å². The van der Waals surface area contributed by atoms with E-state index in [0.717, 1.165) is 13.0 Å². The quantitative estimate of drug-likeness (QED) is 0.681. The molecule has 2 atom stereocenters. The van der Waals surface area contributed by atoms with Crippen molar-refractivity contribution in [3.05, 3.63) is 0 Å². The first kappa shape index (κ1) is 15.8. The molecule has 1 heterocycles. The zero-order chi connectivity index (χ0) is 14.5. The maximum Gasteiger partial charge on any atom is 0.329 e. The number of carboxylic acids is 1. The Morgan fingerprint density at radius 2 is 2.00 bits per heavy atom. The van der Waals surface area contributed by atoms with Crippen LogP contribution in [0.5, 0.6) is 0 Å². The molecule has 1 aliphatic rings. The number of nitrogens with one attached hydrogen (secondary N) is 2. The molecule has 0 spiro atoms. The van der Waals surface area contributed by atoms with Crippen molar-refractivity contribution >= 4 is 12.0 Å². The largest absolute Gasteiger partial charge is 0.480 e. The van der Waals surface area contributed by atoms with Crippen molar-refractivity contribution in [2.45, 2.75) is 51.7 Å². The SMILES string of the molecule is CCC(CC)(NC(=O)NCC1CCOC1C)C(=O)O. The number of rotatable bonds is 6. The molecule has 1 fully saturated rings. The Hall–Kier alpha value is -1.30. The summed E-state index contributed by atoms with van der Waals surface area (Å²) in [7, 11) is 0. The summed E-state index contributed by atoms with van der Waals surface area (Å²) in [6.45, 7) is 6.72. The van der Waals surface area contributed by atoms with E-state index in [4.69, 9.17) is 4.74 Å². The van der Waals surface area contributed by atoms with Crippen molar-refractivity contribution in [2.75, 3.05) is 13.2 Å². The Morgan fingerprint density at radius 3 is 2.42 bits per heavy atom. The number of aliphatic carboxylic acids is 1. The second kappa shape index (κ2) is 6.75. The minimum absolute atomic E-state index is 0.141. The van der Waals surface area contributed by atoms with Gasteiger partial charge in [-0.3, -0.25) is 0 Å². The first-order valence-electron chi connectivity index (χ1n) is 6.86. The van der Waals surface area contributed by atoms with Gasteiger partial charge in [0.1, 0.15) is 5.54 Å². The molecule has 0 aromatic heterocycles. The van der Waals surface area contributed by atoms with Gasteiger partial charge in [0.05, 0.1) is 6.10 Å². The van der Waals surface area contributed by atoms with Gasteiger partial charge >= 0.3 is 12.0 Å². The Kier molecular flexibility index (Phi) is 5.60. The molecule has 110 valence electrons. The standard InChI is InChI=1S/C13H24N2O4/c1-4-13(5-2,11(16)17)15-12(18)14-8-10-6-7-19-9(10)3/h9-10H,4-8H2,1-3H3,(H,16,17)(H2,14,15,18). The summed E-state index contributed by atoms with van der Waals surface area (Å²) in [5, 5.41) is 14.6. The maximum atomic E-state index is 11.8. The van der Waals surface area contributed by atoms with Gasteiger partial charge in [-0.05, 0) is 26.2 Å². The normalized spacial score (nSPS) is 23.1. The number of amides is 2. The van der Waals surface area contributed by atoms with E-state index in [9.17, 15) is 14.7 Å². The van der Waals surface area contributed by atoms with Gasteiger partial charge < -0.3 is 20.5 Å². The van der Waals surface area contributed by atoms with E-state index in [0.29, 0.717) is 25.3 Å². The van der Waals surface area contributed by atoms with Crippen LogP contribution in [0, 0.1) is 5.92 Å². The molecule has 1 aliphatic heterocycles. The van der Waals surface area contributed by atoms with Gasteiger partial charge in [-0.25, -0.2) is 9.59 Å². The van der Waals surface area contributed by atoms with Gasteiger partial charge in [0.25, 0.3) is 0 Å². The highest BCUT2D eigenvalue weighted by Gasteiger charge is 2.36. The van der Waals surface area contributed by atoms with Gasteiger partial charge in [-0.2, -0.15) is 0 Å². The molecular weight excluding hydrogens is 248 g/mol. The fourth-order valence-electron chi connectivity index (χ4n) is 2.31. The van der Waals surface area contributed by atoms with Gasteiger partial charge in [0, 0.05) is 19.1 Å². The van der Waals surface area contributed by atoms with Crippen molar-refractivity contribution in [1.82, 2.24) is 10.6 Å². The molecule has 2 unspecified atom stereocenters. The molecule has 6 heteroatoms. The third-order valence-electron chi connectivity index (χ3n) is 4.03. The lowest BCUT2D eigenvalue weighted by Gasteiger charge is -2.28. The summed E-state index contributed by atoms with van der Waals surface area (Å²) in [5.41, 5.74) is -1.18. The fraction of sp³-hybridized carbons (Fsp3) is 0.846. The van der Waals surface area contributed by atoms with Crippen LogP contribution in [-0.4, -0.2) is 41.9 Å². The van der Waals surface area contributed by atoms with Crippen LogP contribution in [-0.2, 0) is 9.53 Å². The van der Waals surface area contributed by atoms with E-state index < -0.39 is 17.5 Å². The summed E-state index contributed by atoms with van der Waals surface area (Å²) in [6, 6.07) is -0.426. The lowest BCUT2D eigenvalue weighted by Crippen LogP contribution is -2.57. The monoisotopic (exact) mass is 272 g/mol. The molecule has 1 saturated heterocycles. The van der Waals surface area contributed by atoms with Gasteiger partial charge in [-0.1, -0.05) is 13.8 Å². The summed E-state index contributed by atoms with van der Waals surface area (Å²) >= 11 is 0. The molecular formula is C13H24N2O4. The van der Waals surface area contributed by atoms with Crippen LogP contribution in [0.15, 0.2) is 0 Å². The van der Waals surface area contributed by atoms with E-state index in [-0.39, 0.29) is 6.10 Å². The zero-order valence-electron chi connectivity index (χ0n) is 11.9. The molecule has 0 aromatic carbocycles. The molecule has 1 rings (SSSR count). The van der Waals surface area contributed by atoms with Crippen molar-refractivity contribution in [2.24, 2.45) is 5.92 Å². The third-order valence-corrected chi connectivity index (χ3v) is 4.03. The minimum Gasteiger partial charge on any atom is -0.480 e. The van der Waals surface area contributed by atoms with Crippen LogP contribution in [0.2, 0.25) is 0 Å². The Balaban J connectivity index is 2.47. The molecule has 0 aliphatic carbocycles. The third kappa shape index (κ3) is 3.83. The number of hydrogen-bond donors (Lipinski definition) is 3. The molecule has 2 amide bonds. The van der Waals surface area contributed by atoms with Crippen LogP contribution in [0.25, 0.3) is 0 Å². The van der Waals surface area contributed by atoms with Gasteiger partial charge in [0.15, 0.2) is 0 Å². The van der Waals surface area contributed by atoms with Crippen molar-refractivity contribution in [3.8, 4) is 0 Å². The first-order valence-corrected chi connectivity index (χ1v) is 6.86. The molecule has 3 N–H and O–H groups in total. The minimum atomic E-state index is -1.18. The predicted octanol–water partition coefficient (Wildman–Crippen LogP) is 1.35. The summed E-state index contributed by atoms with van der Waals surface area (Å²) < 4.78 is 5.41. The van der Waals surface area contributed by atoms with Crippen LogP contribution in [0.4, 0.5) is 4.79 Å². The highest BCUT2D eigenvalue weighted by Crippen LogP contribution is 2.19. The highest BCUT2D eigenvalue weighted by molar-refractivity contribution is 5.86. The Labute approximate surface area is 113 Å². The molecule has 0 saturated carbocycles. The first-order chi connectivity index (χ1) is 8.95. The number of ether oxygens (including phenoxy) is 1. The average molecular weight is 272 g/mol. The summed E-state index contributed by atoms with van der Waals surface area (Å²) in [6.07, 6.45) is 1.78. The fourth-order valence-corrected chi connectivity index (χ4v) is 2.31. The maximum absolute atomic E-state index is 11.8. The molecule has 0 radical (unpaired) electrons. The predicted molar refractivity (Wildman–Crippen MR) is 71.0 cm³/mol. The smallest absolute Gasteiger partial charge is 0.329 e. The number of carbonyl (C=O) groups excluding carboxylic acids is 1. The van der Waals surface area contributed by atoms with E-state index >= 15 is 0 Å². The van der Waals surface area contributed by atoms with E-state index in [2.05, 4.69) is 10.6 Å². The van der Waals surface area contributed by atoms with Gasteiger partial charge in [0.2, 0.25) is 0 Å². The van der Waals surface area contributed by atoms with E-state index in [1.807, 2.05) is 6.92 Å². The number of urea groups is 1.